The van der Waals surface area contributed by atoms with E-state index in [9.17, 15) is 17.6 Å². The number of sulfonamides is 1. The second-order valence-corrected chi connectivity index (χ2v) is 11.9. The van der Waals surface area contributed by atoms with E-state index in [1.54, 1.807) is 25.1 Å². The van der Waals surface area contributed by atoms with E-state index in [4.69, 9.17) is 16.7 Å². The number of anilines is 2. The van der Waals surface area contributed by atoms with Crippen molar-refractivity contribution in [1.82, 2.24) is 0 Å². The summed E-state index contributed by atoms with van der Waals surface area (Å²) in [6.07, 6.45) is -0.0365. The maximum atomic E-state index is 15.1. The van der Waals surface area contributed by atoms with E-state index in [1.165, 1.54) is 24.3 Å². The quantitative estimate of drug-likeness (QED) is 0.204. The zero-order valence-corrected chi connectivity index (χ0v) is 24.2. The first kappa shape index (κ1) is 30.0. The summed E-state index contributed by atoms with van der Waals surface area (Å²) in [5.41, 5.74) is 4.32. The van der Waals surface area contributed by atoms with Crippen LogP contribution in [-0.4, -0.2) is 19.6 Å². The van der Waals surface area contributed by atoms with Crippen LogP contribution in [0.25, 0.3) is 0 Å². The molecule has 0 aliphatic heterocycles. The molecule has 0 fully saturated rings. The first-order chi connectivity index (χ1) is 19.4. The number of benzene rings is 4. The summed E-state index contributed by atoms with van der Waals surface area (Å²) >= 11 is 5.97. The molecule has 4 rings (SSSR count). The summed E-state index contributed by atoms with van der Waals surface area (Å²) in [5, 5.41) is 11.8. The Morgan fingerprint density at radius 2 is 1.59 bits per heavy atom. The highest BCUT2D eigenvalue weighted by Gasteiger charge is 2.33. The van der Waals surface area contributed by atoms with Crippen LogP contribution in [0.2, 0.25) is 5.02 Å². The maximum absolute atomic E-state index is 15.1. The maximum Gasteiger partial charge on any atom is 0.409 e. The molecule has 1 unspecified atom stereocenters. The Labute approximate surface area is 243 Å². The van der Waals surface area contributed by atoms with Gasteiger partial charge in [-0.2, -0.15) is 0 Å². The molecule has 0 aliphatic carbocycles. The van der Waals surface area contributed by atoms with E-state index >= 15 is 4.39 Å². The lowest BCUT2D eigenvalue weighted by molar-refractivity contribution is 0.209. The molecule has 214 valence electrons. The molecule has 41 heavy (non-hydrogen) atoms. The second-order valence-electron chi connectivity index (χ2n) is 9.68. The molecular weight excluding hydrogens is 570 g/mol. The Balaban J connectivity index is 1.74. The molecule has 1 atom stereocenters. The fourth-order valence-electron chi connectivity index (χ4n) is 4.88. The van der Waals surface area contributed by atoms with Crippen molar-refractivity contribution < 1.29 is 27.1 Å². The van der Waals surface area contributed by atoms with Gasteiger partial charge < -0.3 is 5.11 Å². The van der Waals surface area contributed by atoms with Gasteiger partial charge in [-0.15, -0.1) is 0 Å². The number of aryl methyl sites for hydroxylation is 2. The Hall–Kier alpha value is -3.95. The minimum atomic E-state index is -4.36. The van der Waals surface area contributed by atoms with Gasteiger partial charge in [-0.3, -0.25) is 9.62 Å². The highest BCUT2D eigenvalue weighted by molar-refractivity contribution is 7.92. The third kappa shape index (κ3) is 6.52. The minimum Gasteiger partial charge on any atom is -0.465 e. The minimum absolute atomic E-state index is 0.115. The van der Waals surface area contributed by atoms with Crippen molar-refractivity contribution in [2.24, 2.45) is 0 Å². The summed E-state index contributed by atoms with van der Waals surface area (Å²) in [5.74, 6) is -1.65. The standard InChI is InChI=1S/C31H29ClF2N2O4S/c1-19-20(2)29(35-31(37)38)17-10-22(19)8-9-23-6-4-5-7-27(23)21(3)36(30-18-25(33)13-16-28(30)34)41(39,40)26-14-11-24(32)12-15-26/h4-7,10-18,21,35H,8-9H2,1-3H3,(H,37,38). The van der Waals surface area contributed by atoms with Crippen molar-refractivity contribution in [2.75, 3.05) is 9.62 Å². The molecule has 0 spiro atoms. The van der Waals surface area contributed by atoms with Crippen molar-refractivity contribution in [3.05, 3.63) is 123 Å². The van der Waals surface area contributed by atoms with Crippen LogP contribution in [0.3, 0.4) is 0 Å². The molecule has 4 aromatic carbocycles. The van der Waals surface area contributed by atoms with Gasteiger partial charge in [0.05, 0.1) is 16.6 Å². The van der Waals surface area contributed by atoms with Crippen molar-refractivity contribution in [1.29, 1.82) is 0 Å². The molecule has 4 aromatic rings. The number of nitrogens with zero attached hydrogens (tertiary/aromatic N) is 1. The number of amides is 1. The summed E-state index contributed by atoms with van der Waals surface area (Å²) in [7, 11) is -4.36. The van der Waals surface area contributed by atoms with Crippen LogP contribution in [0.4, 0.5) is 25.0 Å². The fourth-order valence-corrected chi connectivity index (χ4v) is 6.65. The number of nitrogens with one attached hydrogen (secondary N) is 1. The van der Waals surface area contributed by atoms with Gasteiger partial charge in [0.2, 0.25) is 0 Å². The number of carboxylic acid groups (broad SMARTS) is 1. The number of rotatable bonds is 9. The number of carbonyl (C=O) groups is 1. The molecule has 0 saturated carbocycles. The summed E-state index contributed by atoms with van der Waals surface area (Å²) in [6, 6.07) is 18.2. The number of halogens is 3. The summed E-state index contributed by atoms with van der Waals surface area (Å²) < 4.78 is 58.3. The highest BCUT2D eigenvalue weighted by Crippen LogP contribution is 2.37. The van der Waals surface area contributed by atoms with Crippen molar-refractivity contribution in [3.63, 3.8) is 0 Å². The molecule has 0 aliphatic rings. The van der Waals surface area contributed by atoms with E-state index in [1.807, 2.05) is 32.0 Å². The molecule has 0 bridgehead atoms. The molecule has 0 radical (unpaired) electrons. The number of hydrogen-bond donors (Lipinski definition) is 2. The third-order valence-corrected chi connectivity index (χ3v) is 9.33. The Bertz CT molecular complexity index is 1700. The molecule has 0 aromatic heterocycles. The third-order valence-electron chi connectivity index (χ3n) is 7.18. The fraction of sp³-hybridized carbons (Fsp3) is 0.194. The van der Waals surface area contributed by atoms with Gasteiger partial charge in [0.15, 0.2) is 0 Å². The normalized spacial score (nSPS) is 12.1. The van der Waals surface area contributed by atoms with Gasteiger partial charge in [-0.1, -0.05) is 41.9 Å². The molecule has 0 heterocycles. The van der Waals surface area contributed by atoms with Crippen molar-refractivity contribution in [3.8, 4) is 0 Å². The van der Waals surface area contributed by atoms with Gasteiger partial charge in [0.1, 0.15) is 11.6 Å². The van der Waals surface area contributed by atoms with Crippen LogP contribution in [0.1, 0.15) is 40.8 Å². The van der Waals surface area contributed by atoms with E-state index in [-0.39, 0.29) is 4.90 Å². The van der Waals surface area contributed by atoms with Crippen LogP contribution in [-0.2, 0) is 22.9 Å². The van der Waals surface area contributed by atoms with Crippen molar-refractivity contribution >= 4 is 39.1 Å². The summed E-state index contributed by atoms with van der Waals surface area (Å²) in [6.45, 7) is 5.39. The number of hydrogen-bond acceptors (Lipinski definition) is 3. The Kier molecular flexibility index (Phi) is 8.99. The lowest BCUT2D eigenvalue weighted by atomic mass is 9.93. The van der Waals surface area contributed by atoms with E-state index in [0.717, 1.165) is 44.8 Å². The zero-order chi connectivity index (χ0) is 29.9. The monoisotopic (exact) mass is 598 g/mol. The van der Waals surface area contributed by atoms with Crippen LogP contribution >= 0.6 is 11.6 Å². The molecule has 0 saturated heterocycles. The predicted octanol–water partition coefficient (Wildman–Crippen LogP) is 8.07. The van der Waals surface area contributed by atoms with Gasteiger partial charge in [0, 0.05) is 16.8 Å². The lowest BCUT2D eigenvalue weighted by Crippen LogP contribution is -2.35. The van der Waals surface area contributed by atoms with Crippen molar-refractivity contribution in [2.45, 2.75) is 44.6 Å². The zero-order valence-electron chi connectivity index (χ0n) is 22.7. The van der Waals surface area contributed by atoms with Crippen LogP contribution in [0, 0.1) is 25.5 Å². The van der Waals surface area contributed by atoms with Gasteiger partial charge in [0.25, 0.3) is 10.0 Å². The lowest BCUT2D eigenvalue weighted by Gasteiger charge is -2.32. The molecule has 2 N–H and O–H groups in total. The van der Waals surface area contributed by atoms with Crippen LogP contribution < -0.4 is 9.62 Å². The van der Waals surface area contributed by atoms with Crippen LogP contribution in [0.5, 0.6) is 0 Å². The smallest absolute Gasteiger partial charge is 0.409 e. The van der Waals surface area contributed by atoms with Crippen LogP contribution in [0.15, 0.2) is 83.8 Å². The second kappa shape index (κ2) is 12.3. The first-order valence-electron chi connectivity index (χ1n) is 12.8. The topological polar surface area (TPSA) is 86.7 Å². The largest absolute Gasteiger partial charge is 0.465 e. The molecular formula is C31H29ClF2N2O4S. The molecule has 10 heteroatoms. The SMILES string of the molecule is Cc1c(CCc2ccccc2C(C)N(c2cc(F)ccc2F)S(=O)(=O)c2ccc(Cl)cc2)ccc(NC(=O)O)c1C. The first-order valence-corrected chi connectivity index (χ1v) is 14.6. The van der Waals surface area contributed by atoms with E-state index in [0.29, 0.717) is 29.1 Å². The molecule has 1 amide bonds. The molecule has 6 nitrogen and oxygen atoms in total. The average Bonchev–Trinajstić information content (AvgIpc) is 2.93. The summed E-state index contributed by atoms with van der Waals surface area (Å²) in [4.78, 5) is 11.0. The highest BCUT2D eigenvalue weighted by atomic mass is 35.5. The van der Waals surface area contributed by atoms with Gasteiger partial charge >= 0.3 is 6.09 Å². The Morgan fingerprint density at radius 1 is 0.927 bits per heavy atom. The average molecular weight is 599 g/mol. The van der Waals surface area contributed by atoms with Gasteiger partial charge in [-0.25, -0.2) is 22.0 Å². The van der Waals surface area contributed by atoms with Gasteiger partial charge in [-0.05, 0) is 104 Å². The predicted molar refractivity (Wildman–Crippen MR) is 157 cm³/mol. The van der Waals surface area contributed by atoms with E-state index in [2.05, 4.69) is 5.32 Å². The Morgan fingerprint density at radius 3 is 2.27 bits per heavy atom. The van der Waals surface area contributed by atoms with E-state index < -0.39 is 39.5 Å².